The van der Waals surface area contributed by atoms with E-state index in [-0.39, 0.29) is 12.1 Å². The lowest BCUT2D eigenvalue weighted by Crippen LogP contribution is -2.43. The van der Waals surface area contributed by atoms with Crippen LogP contribution >= 0.6 is 0 Å². The maximum absolute atomic E-state index is 11.1. The molecule has 1 aromatic rings. The Morgan fingerprint density at radius 1 is 1.42 bits per heavy atom. The molecule has 2 aliphatic rings. The third-order valence-corrected chi connectivity index (χ3v) is 4.02. The summed E-state index contributed by atoms with van der Waals surface area (Å²) in [6.07, 6.45) is 7.17. The van der Waals surface area contributed by atoms with Gasteiger partial charge in [-0.15, -0.1) is 6.42 Å². The quantitative estimate of drug-likeness (QED) is 0.458. The minimum Gasteiger partial charge on any atom is -0.427 e. The summed E-state index contributed by atoms with van der Waals surface area (Å²) in [5, 5.41) is 0. The summed E-state index contributed by atoms with van der Waals surface area (Å²) in [5.41, 5.74) is 1.77. The number of nitrogens with zero attached hydrogens (tertiary/aromatic N) is 4. The van der Waals surface area contributed by atoms with Crippen LogP contribution in [-0.2, 0) is 4.79 Å². The zero-order chi connectivity index (χ0) is 18.7. The van der Waals surface area contributed by atoms with E-state index in [1.807, 2.05) is 31.3 Å². The van der Waals surface area contributed by atoms with Gasteiger partial charge in [-0.25, -0.2) is 4.99 Å². The fraction of sp³-hybridized carbons (Fsp3) is 0.300. The molecule has 2 aliphatic heterocycles. The number of amidine groups is 1. The minimum absolute atomic E-state index is 0.276. The van der Waals surface area contributed by atoms with Crippen molar-refractivity contribution in [2.75, 3.05) is 27.3 Å². The van der Waals surface area contributed by atoms with Gasteiger partial charge in [-0.05, 0) is 24.1 Å². The van der Waals surface area contributed by atoms with Crippen LogP contribution in [0.2, 0.25) is 0 Å². The molecule has 0 amide bonds. The van der Waals surface area contributed by atoms with E-state index in [2.05, 4.69) is 27.6 Å². The van der Waals surface area contributed by atoms with E-state index in [9.17, 15) is 4.79 Å². The van der Waals surface area contributed by atoms with Gasteiger partial charge in [0.15, 0.2) is 12.0 Å². The summed E-state index contributed by atoms with van der Waals surface area (Å²) in [6.45, 7) is 2.62. The van der Waals surface area contributed by atoms with Crippen molar-refractivity contribution in [2.24, 2.45) is 4.99 Å². The molecule has 0 radical (unpaired) electrons. The molecule has 0 aliphatic carbocycles. The maximum Gasteiger partial charge on any atom is 0.308 e. The molecule has 0 spiro atoms. The standard InChI is InChI=1S/C20H20N4O2/c1-5-11-24-13-18-20(22(3)14-24)21-19(23(18)4)10-9-16-7-6-8-17(12-16)26-15(2)25/h1,6-8,12-13,19H,11,14H2,2-4H3. The summed E-state index contributed by atoms with van der Waals surface area (Å²) < 4.78 is 5.09. The number of benzene rings is 1. The molecule has 6 heteroatoms. The predicted octanol–water partition coefficient (Wildman–Crippen LogP) is 1.31. The molecule has 0 saturated carbocycles. The van der Waals surface area contributed by atoms with E-state index in [1.165, 1.54) is 6.92 Å². The highest BCUT2D eigenvalue weighted by Crippen LogP contribution is 2.24. The van der Waals surface area contributed by atoms with Crippen LogP contribution in [0.15, 0.2) is 41.2 Å². The Bertz CT molecular complexity index is 885. The molecule has 6 nitrogen and oxygen atoms in total. The second kappa shape index (κ2) is 7.25. The predicted molar refractivity (Wildman–Crippen MR) is 99.9 cm³/mol. The van der Waals surface area contributed by atoms with E-state index in [0.717, 1.165) is 17.1 Å². The number of hydrogen-bond acceptors (Lipinski definition) is 6. The maximum atomic E-state index is 11.1. The van der Waals surface area contributed by atoms with Gasteiger partial charge >= 0.3 is 5.97 Å². The van der Waals surface area contributed by atoms with E-state index in [1.54, 1.807) is 18.2 Å². The number of ether oxygens (including phenoxy) is 1. The number of carbonyl (C=O) groups is 1. The van der Waals surface area contributed by atoms with Crippen molar-refractivity contribution < 1.29 is 9.53 Å². The third kappa shape index (κ3) is 3.65. The van der Waals surface area contributed by atoms with Crippen molar-refractivity contribution in [3.05, 3.63) is 41.7 Å². The first-order valence-corrected chi connectivity index (χ1v) is 8.19. The average Bonchev–Trinajstić information content (AvgIpc) is 2.90. The van der Waals surface area contributed by atoms with E-state index >= 15 is 0 Å². The molecule has 0 bridgehead atoms. The van der Waals surface area contributed by atoms with E-state index in [0.29, 0.717) is 19.0 Å². The van der Waals surface area contributed by atoms with Crippen molar-refractivity contribution in [1.82, 2.24) is 14.7 Å². The number of rotatable bonds is 2. The second-order valence-corrected chi connectivity index (χ2v) is 6.13. The van der Waals surface area contributed by atoms with E-state index < -0.39 is 0 Å². The third-order valence-electron chi connectivity index (χ3n) is 4.02. The summed E-state index contributed by atoms with van der Waals surface area (Å²) in [4.78, 5) is 21.9. The molecule has 1 atom stereocenters. The zero-order valence-corrected chi connectivity index (χ0v) is 15.1. The molecule has 3 rings (SSSR count). The molecule has 2 heterocycles. The molecular formula is C20H20N4O2. The molecule has 1 unspecified atom stereocenters. The fourth-order valence-corrected chi connectivity index (χ4v) is 2.85. The smallest absolute Gasteiger partial charge is 0.308 e. The summed E-state index contributed by atoms with van der Waals surface area (Å²) >= 11 is 0. The average molecular weight is 348 g/mol. The van der Waals surface area contributed by atoms with Gasteiger partial charge in [0.1, 0.15) is 5.75 Å². The Hall–Kier alpha value is -3.38. The van der Waals surface area contributed by atoms with Gasteiger partial charge in [0.25, 0.3) is 0 Å². The highest BCUT2D eigenvalue weighted by atomic mass is 16.5. The lowest BCUT2D eigenvalue weighted by atomic mass is 10.2. The first-order valence-electron chi connectivity index (χ1n) is 8.19. The van der Waals surface area contributed by atoms with Gasteiger partial charge in [-0.3, -0.25) is 4.79 Å². The van der Waals surface area contributed by atoms with Crippen molar-refractivity contribution in [1.29, 1.82) is 0 Å². The topological polar surface area (TPSA) is 48.4 Å². The lowest BCUT2D eigenvalue weighted by Gasteiger charge is -2.33. The zero-order valence-electron chi connectivity index (χ0n) is 15.1. The minimum atomic E-state index is -0.354. The van der Waals surface area contributed by atoms with Crippen molar-refractivity contribution in [3.63, 3.8) is 0 Å². The summed E-state index contributed by atoms with van der Waals surface area (Å²) in [6, 6.07) is 7.14. The Kier molecular flexibility index (Phi) is 4.86. The van der Waals surface area contributed by atoms with Crippen LogP contribution in [0.25, 0.3) is 0 Å². The molecule has 132 valence electrons. The van der Waals surface area contributed by atoms with Crippen LogP contribution in [0.4, 0.5) is 0 Å². The number of esters is 1. The monoisotopic (exact) mass is 348 g/mol. The molecule has 0 aromatic heterocycles. The van der Waals surface area contributed by atoms with Crippen LogP contribution in [0.3, 0.4) is 0 Å². The number of carbonyl (C=O) groups excluding carboxylic acids is 1. The van der Waals surface area contributed by atoms with Gasteiger partial charge in [-0.2, -0.15) is 0 Å². The molecule has 0 saturated heterocycles. The summed E-state index contributed by atoms with van der Waals surface area (Å²) in [7, 11) is 3.95. The molecular weight excluding hydrogens is 328 g/mol. The van der Waals surface area contributed by atoms with Gasteiger partial charge < -0.3 is 19.4 Å². The number of terminal acetylenes is 1. The van der Waals surface area contributed by atoms with Crippen LogP contribution < -0.4 is 4.74 Å². The van der Waals surface area contributed by atoms with Gasteiger partial charge in [0.2, 0.25) is 0 Å². The first kappa shape index (κ1) is 17.4. The first-order chi connectivity index (χ1) is 12.5. The number of likely N-dealkylation sites (N-methyl/N-ethyl adjacent to an activating group) is 2. The van der Waals surface area contributed by atoms with Crippen LogP contribution in [-0.4, -0.2) is 60.0 Å². The largest absolute Gasteiger partial charge is 0.427 e. The molecule has 0 N–H and O–H groups in total. The second-order valence-electron chi connectivity index (χ2n) is 6.13. The van der Waals surface area contributed by atoms with Crippen LogP contribution in [0.5, 0.6) is 5.75 Å². The van der Waals surface area contributed by atoms with Crippen molar-refractivity contribution in [2.45, 2.75) is 13.1 Å². The fourth-order valence-electron chi connectivity index (χ4n) is 2.85. The molecule has 26 heavy (non-hydrogen) atoms. The van der Waals surface area contributed by atoms with E-state index in [4.69, 9.17) is 16.2 Å². The van der Waals surface area contributed by atoms with Crippen molar-refractivity contribution >= 4 is 11.8 Å². The van der Waals surface area contributed by atoms with Gasteiger partial charge in [0, 0.05) is 32.8 Å². The number of fused-ring (bicyclic) bond motifs is 1. The van der Waals surface area contributed by atoms with Gasteiger partial charge in [-0.1, -0.05) is 17.9 Å². The van der Waals surface area contributed by atoms with Crippen LogP contribution in [0, 0.1) is 24.2 Å². The van der Waals surface area contributed by atoms with Crippen LogP contribution in [0.1, 0.15) is 12.5 Å². The Morgan fingerprint density at radius 2 is 2.23 bits per heavy atom. The SMILES string of the molecule is C#CCN1C=C2C(=NC(C#Cc3cccc(OC(C)=O)c3)N2C)N(C)C1. The molecule has 1 aromatic carbocycles. The highest BCUT2D eigenvalue weighted by Gasteiger charge is 2.32. The number of hydrogen-bond donors (Lipinski definition) is 0. The summed E-state index contributed by atoms with van der Waals surface area (Å²) in [5.74, 6) is 9.98. The van der Waals surface area contributed by atoms with Crippen molar-refractivity contribution in [3.8, 4) is 29.9 Å². The molecule has 0 fully saturated rings. The lowest BCUT2D eigenvalue weighted by molar-refractivity contribution is -0.131. The number of aliphatic imine (C=N–C) groups is 1. The normalized spacial score (nSPS) is 18.2. The highest BCUT2D eigenvalue weighted by molar-refractivity contribution is 6.00. The Morgan fingerprint density at radius 3 is 2.96 bits per heavy atom. The Labute approximate surface area is 153 Å². The Balaban J connectivity index is 1.81. The van der Waals surface area contributed by atoms with Gasteiger partial charge in [0.05, 0.1) is 18.9 Å².